The van der Waals surface area contributed by atoms with Gasteiger partial charge in [0.1, 0.15) is 18.9 Å². The van der Waals surface area contributed by atoms with Gasteiger partial charge in [0.2, 0.25) is 0 Å². The van der Waals surface area contributed by atoms with Crippen molar-refractivity contribution in [3.05, 3.63) is 35.6 Å². The van der Waals surface area contributed by atoms with Crippen molar-refractivity contribution < 1.29 is 8.97 Å². The lowest BCUT2D eigenvalue weighted by molar-refractivity contribution is -0.500. The monoisotopic (exact) mass is 254 g/mol. The fraction of sp³-hybridized carbons (Fsp3) is 0.417. The van der Waals surface area contributed by atoms with Crippen LogP contribution in [0.25, 0.3) is 0 Å². The minimum absolute atomic E-state index is 0.151. The second-order valence-corrected chi connectivity index (χ2v) is 6.82. The highest BCUT2D eigenvalue weighted by atomic mass is 32.3. The van der Waals surface area contributed by atoms with Crippen molar-refractivity contribution in [1.82, 2.24) is 0 Å². The fourth-order valence-electron chi connectivity index (χ4n) is 2.00. The molecule has 0 aliphatic carbocycles. The molecule has 0 radical (unpaired) electrons. The van der Waals surface area contributed by atoms with Crippen LogP contribution in [0, 0.1) is 5.82 Å². The second kappa shape index (κ2) is 4.41. The Labute approximate surface area is 103 Å². The molecule has 1 nitrogen and oxygen atoms in total. The number of thioether (sulfide) groups is 2. The van der Waals surface area contributed by atoms with E-state index >= 15 is 0 Å². The van der Waals surface area contributed by atoms with Crippen LogP contribution in [-0.2, 0) is 0 Å². The standard InChI is InChI=1S/C12H13FNS2/c13-10-5-3-9(4-6-10)11-15-12(16-11)14-7-1-2-8-14/h3-6,11H,1-2,7-8H2/q+1. The van der Waals surface area contributed by atoms with Crippen molar-refractivity contribution in [3.63, 3.8) is 0 Å². The first-order chi connectivity index (χ1) is 7.83. The minimum atomic E-state index is -0.151. The van der Waals surface area contributed by atoms with Gasteiger partial charge in [-0.05, 0) is 41.2 Å². The molecule has 2 fully saturated rings. The van der Waals surface area contributed by atoms with E-state index in [0.29, 0.717) is 4.58 Å². The van der Waals surface area contributed by atoms with Gasteiger partial charge in [0.25, 0.3) is 4.38 Å². The van der Waals surface area contributed by atoms with Gasteiger partial charge in [0.05, 0.1) is 4.58 Å². The molecule has 0 bridgehead atoms. The molecule has 84 valence electrons. The molecule has 0 atom stereocenters. The van der Waals surface area contributed by atoms with Crippen LogP contribution in [-0.4, -0.2) is 22.0 Å². The maximum Gasteiger partial charge on any atom is 0.272 e. The highest BCUT2D eigenvalue weighted by molar-refractivity contribution is 8.52. The number of hydrogen-bond acceptors (Lipinski definition) is 2. The topological polar surface area (TPSA) is 3.01 Å². The SMILES string of the molecule is Fc1ccc(C2SC(=[N+]3CCCC3)S2)cc1. The third kappa shape index (κ3) is 2.00. The molecule has 0 unspecified atom stereocenters. The molecule has 2 aliphatic rings. The third-order valence-corrected chi connectivity index (χ3v) is 5.97. The Morgan fingerprint density at radius 2 is 1.69 bits per heavy atom. The van der Waals surface area contributed by atoms with Gasteiger partial charge >= 0.3 is 0 Å². The van der Waals surface area contributed by atoms with Gasteiger partial charge < -0.3 is 0 Å². The first kappa shape index (κ1) is 10.7. The molecule has 0 saturated carbocycles. The number of benzene rings is 1. The van der Waals surface area contributed by atoms with E-state index in [-0.39, 0.29) is 5.82 Å². The van der Waals surface area contributed by atoms with Crippen LogP contribution >= 0.6 is 23.5 Å². The quantitative estimate of drug-likeness (QED) is 0.706. The average molecular weight is 254 g/mol. The summed E-state index contributed by atoms with van der Waals surface area (Å²) in [6, 6.07) is 6.87. The van der Waals surface area contributed by atoms with Crippen LogP contribution in [0.3, 0.4) is 0 Å². The first-order valence-corrected chi connectivity index (χ1v) is 7.29. The van der Waals surface area contributed by atoms with Crippen molar-refractivity contribution in [2.45, 2.75) is 17.4 Å². The van der Waals surface area contributed by atoms with Crippen molar-refractivity contribution in [2.24, 2.45) is 0 Å². The second-order valence-electron chi connectivity index (χ2n) is 4.08. The number of rotatable bonds is 1. The van der Waals surface area contributed by atoms with Gasteiger partial charge in [-0.15, -0.1) is 0 Å². The van der Waals surface area contributed by atoms with Gasteiger partial charge in [0.15, 0.2) is 0 Å². The van der Waals surface area contributed by atoms with E-state index in [4.69, 9.17) is 0 Å². The zero-order valence-corrected chi connectivity index (χ0v) is 10.5. The highest BCUT2D eigenvalue weighted by Gasteiger charge is 2.36. The molecule has 0 aromatic heterocycles. The number of hydrogen-bond donors (Lipinski definition) is 0. The number of halogens is 1. The predicted molar refractivity (Wildman–Crippen MR) is 68.6 cm³/mol. The van der Waals surface area contributed by atoms with Crippen LogP contribution in [0.5, 0.6) is 0 Å². The van der Waals surface area contributed by atoms with E-state index in [9.17, 15) is 4.39 Å². The van der Waals surface area contributed by atoms with E-state index in [2.05, 4.69) is 4.58 Å². The molecule has 16 heavy (non-hydrogen) atoms. The summed E-state index contributed by atoms with van der Waals surface area (Å²) in [5.74, 6) is -0.151. The van der Waals surface area contributed by atoms with Gasteiger partial charge in [0, 0.05) is 12.8 Å². The summed E-state index contributed by atoms with van der Waals surface area (Å²) in [6.45, 7) is 2.43. The summed E-state index contributed by atoms with van der Waals surface area (Å²) in [4.78, 5) is 0. The van der Waals surface area contributed by atoms with E-state index in [1.165, 1.54) is 35.9 Å². The molecule has 2 heterocycles. The van der Waals surface area contributed by atoms with Crippen LogP contribution < -0.4 is 0 Å². The Morgan fingerprint density at radius 1 is 1.06 bits per heavy atom. The number of nitrogens with zero attached hydrogens (tertiary/aromatic N) is 1. The molecular formula is C12H13FNS2+. The lowest BCUT2D eigenvalue weighted by Gasteiger charge is -2.23. The van der Waals surface area contributed by atoms with E-state index in [1.54, 1.807) is 12.1 Å². The normalized spacial score (nSPS) is 24.7. The molecule has 0 amide bonds. The van der Waals surface area contributed by atoms with E-state index in [1.807, 2.05) is 35.7 Å². The Bertz CT molecular complexity index is 411. The maximum atomic E-state index is 12.8. The maximum absolute atomic E-state index is 12.8. The first-order valence-electron chi connectivity index (χ1n) is 5.53. The smallest absolute Gasteiger partial charge is 0.219 e. The summed E-state index contributed by atoms with van der Waals surface area (Å²) >= 11 is 3.83. The van der Waals surface area contributed by atoms with E-state index in [0.717, 1.165) is 0 Å². The van der Waals surface area contributed by atoms with Crippen molar-refractivity contribution >= 4 is 27.9 Å². The van der Waals surface area contributed by atoms with Gasteiger partial charge in [-0.3, -0.25) is 0 Å². The average Bonchev–Trinajstić information content (AvgIpc) is 2.72. The molecular weight excluding hydrogens is 241 g/mol. The van der Waals surface area contributed by atoms with Crippen molar-refractivity contribution in [2.75, 3.05) is 13.1 Å². The summed E-state index contributed by atoms with van der Waals surface area (Å²) in [7, 11) is 0. The summed E-state index contributed by atoms with van der Waals surface area (Å²) in [6.07, 6.45) is 2.65. The molecule has 0 N–H and O–H groups in total. The molecule has 4 heteroatoms. The van der Waals surface area contributed by atoms with Gasteiger partial charge in [-0.2, -0.15) is 0 Å². The predicted octanol–water partition coefficient (Wildman–Crippen LogP) is 3.47. The third-order valence-electron chi connectivity index (χ3n) is 2.92. The highest BCUT2D eigenvalue weighted by Crippen LogP contribution is 2.53. The molecule has 1 aromatic rings. The summed E-state index contributed by atoms with van der Waals surface area (Å²) in [5, 5.41) is 0. The minimum Gasteiger partial charge on any atom is -0.219 e. The molecule has 2 saturated heterocycles. The summed E-state index contributed by atoms with van der Waals surface area (Å²) in [5.41, 5.74) is 1.22. The Hall–Kier alpha value is -0.480. The summed E-state index contributed by atoms with van der Waals surface area (Å²) < 4.78 is 17.2. The zero-order chi connectivity index (χ0) is 11.0. The largest absolute Gasteiger partial charge is 0.272 e. The van der Waals surface area contributed by atoms with Crippen LogP contribution in [0.4, 0.5) is 4.39 Å². The Balaban J connectivity index is 1.68. The molecule has 2 aliphatic heterocycles. The lowest BCUT2D eigenvalue weighted by atomic mass is 10.2. The van der Waals surface area contributed by atoms with Crippen molar-refractivity contribution in [1.29, 1.82) is 0 Å². The van der Waals surface area contributed by atoms with Gasteiger partial charge in [-0.1, -0.05) is 12.1 Å². The molecule has 1 aromatic carbocycles. The van der Waals surface area contributed by atoms with E-state index < -0.39 is 0 Å². The zero-order valence-electron chi connectivity index (χ0n) is 8.86. The van der Waals surface area contributed by atoms with Crippen molar-refractivity contribution in [3.8, 4) is 0 Å². The Morgan fingerprint density at radius 3 is 2.31 bits per heavy atom. The Kier molecular flexibility index (Phi) is 2.94. The van der Waals surface area contributed by atoms with Crippen LogP contribution in [0.15, 0.2) is 24.3 Å². The van der Waals surface area contributed by atoms with Crippen LogP contribution in [0.2, 0.25) is 0 Å². The fourth-order valence-corrected chi connectivity index (χ4v) is 4.47. The molecule has 3 rings (SSSR count). The lowest BCUT2D eigenvalue weighted by Crippen LogP contribution is -2.20. The van der Waals surface area contributed by atoms with Gasteiger partial charge in [-0.25, -0.2) is 8.97 Å². The van der Waals surface area contributed by atoms with Crippen LogP contribution in [0.1, 0.15) is 23.0 Å². The molecule has 0 spiro atoms.